The van der Waals surface area contributed by atoms with E-state index >= 15 is 0 Å². The summed E-state index contributed by atoms with van der Waals surface area (Å²) in [5.41, 5.74) is 1.21. The highest BCUT2D eigenvalue weighted by Gasteiger charge is 2.29. The second-order valence-corrected chi connectivity index (χ2v) is 5.08. The summed E-state index contributed by atoms with van der Waals surface area (Å²) in [7, 11) is 0. The van der Waals surface area contributed by atoms with Crippen LogP contribution in [0.1, 0.15) is 18.4 Å². The molecule has 92 valence electrons. The van der Waals surface area contributed by atoms with Crippen LogP contribution in [0.4, 0.5) is 0 Å². The van der Waals surface area contributed by atoms with E-state index in [4.69, 9.17) is 5.11 Å². The molecule has 1 saturated heterocycles. The molecule has 1 atom stereocenters. The van der Waals surface area contributed by atoms with E-state index in [0.717, 1.165) is 6.42 Å². The van der Waals surface area contributed by atoms with Gasteiger partial charge in [0.1, 0.15) is 0 Å². The minimum atomic E-state index is -0.793. The molecule has 1 aliphatic heterocycles. The van der Waals surface area contributed by atoms with Crippen LogP contribution in [0.3, 0.4) is 0 Å². The van der Waals surface area contributed by atoms with E-state index in [1.54, 1.807) is 16.2 Å². The number of hydrogen-bond acceptors (Lipinski definition) is 3. The number of rotatable bonds is 4. The summed E-state index contributed by atoms with van der Waals surface area (Å²) in [6, 6.07) is 2.04. The standard InChI is InChI=1S/C12H15NO3S/c14-11-2-1-10(12(15)16)7-13(11)5-3-9-4-6-17-8-9/h4,6,8,10H,1-3,5,7H2,(H,15,16). The summed E-state index contributed by atoms with van der Waals surface area (Å²) in [6.07, 6.45) is 1.64. The Morgan fingerprint density at radius 2 is 2.41 bits per heavy atom. The predicted molar refractivity (Wildman–Crippen MR) is 65.0 cm³/mol. The summed E-state index contributed by atoms with van der Waals surface area (Å²) in [6.45, 7) is 0.984. The second-order valence-electron chi connectivity index (χ2n) is 4.30. The molecule has 1 fully saturated rings. The number of carbonyl (C=O) groups excluding carboxylic acids is 1. The first kappa shape index (κ1) is 12.1. The maximum Gasteiger partial charge on any atom is 0.308 e. The molecule has 1 aliphatic rings. The van der Waals surface area contributed by atoms with Crippen LogP contribution in [0, 0.1) is 5.92 Å². The Hall–Kier alpha value is -1.36. The van der Waals surface area contributed by atoms with Crippen LogP contribution in [0.15, 0.2) is 16.8 Å². The van der Waals surface area contributed by atoms with Gasteiger partial charge in [-0.15, -0.1) is 0 Å². The normalized spacial score (nSPS) is 20.6. The summed E-state index contributed by atoms with van der Waals surface area (Å²) in [4.78, 5) is 24.2. The van der Waals surface area contributed by atoms with Crippen molar-refractivity contribution in [1.82, 2.24) is 4.90 Å². The minimum absolute atomic E-state index is 0.0812. The number of thiophene rings is 1. The number of carboxylic acids is 1. The van der Waals surface area contributed by atoms with Crippen molar-refractivity contribution in [2.75, 3.05) is 13.1 Å². The molecule has 17 heavy (non-hydrogen) atoms. The highest BCUT2D eigenvalue weighted by Crippen LogP contribution is 2.18. The molecule has 0 radical (unpaired) electrons. The average Bonchev–Trinajstić information content (AvgIpc) is 2.80. The van der Waals surface area contributed by atoms with E-state index < -0.39 is 11.9 Å². The SMILES string of the molecule is O=C(O)C1CCC(=O)N(CCc2ccsc2)C1. The maximum absolute atomic E-state index is 11.7. The number of amides is 1. The predicted octanol–water partition coefficient (Wildman–Crippen LogP) is 1.61. The van der Waals surface area contributed by atoms with Crippen molar-refractivity contribution in [2.24, 2.45) is 5.92 Å². The lowest BCUT2D eigenvalue weighted by Crippen LogP contribution is -2.43. The molecule has 0 aromatic carbocycles. The topological polar surface area (TPSA) is 57.6 Å². The van der Waals surface area contributed by atoms with Crippen molar-refractivity contribution in [3.05, 3.63) is 22.4 Å². The minimum Gasteiger partial charge on any atom is -0.481 e. The van der Waals surface area contributed by atoms with Gasteiger partial charge in [-0.2, -0.15) is 11.3 Å². The van der Waals surface area contributed by atoms with Crippen LogP contribution < -0.4 is 0 Å². The van der Waals surface area contributed by atoms with Crippen molar-refractivity contribution in [2.45, 2.75) is 19.3 Å². The highest BCUT2D eigenvalue weighted by molar-refractivity contribution is 7.07. The zero-order chi connectivity index (χ0) is 12.3. The first-order valence-electron chi connectivity index (χ1n) is 5.68. The fourth-order valence-corrected chi connectivity index (χ4v) is 2.73. The Morgan fingerprint density at radius 1 is 1.59 bits per heavy atom. The van der Waals surface area contributed by atoms with Crippen LogP contribution in [-0.4, -0.2) is 35.0 Å². The van der Waals surface area contributed by atoms with Crippen LogP contribution in [0.5, 0.6) is 0 Å². The molecule has 0 bridgehead atoms. The Bertz CT molecular complexity index is 402. The Kier molecular flexibility index (Phi) is 3.78. The number of aliphatic carboxylic acids is 1. The van der Waals surface area contributed by atoms with E-state index in [0.29, 0.717) is 25.9 Å². The molecule has 2 rings (SSSR count). The van der Waals surface area contributed by atoms with Gasteiger partial charge >= 0.3 is 5.97 Å². The number of carboxylic acid groups (broad SMARTS) is 1. The molecule has 1 aromatic heterocycles. The number of likely N-dealkylation sites (tertiary alicyclic amines) is 1. The summed E-state index contributed by atoms with van der Waals surface area (Å²) < 4.78 is 0. The molecular weight excluding hydrogens is 238 g/mol. The number of piperidine rings is 1. The lowest BCUT2D eigenvalue weighted by Gasteiger charge is -2.30. The second kappa shape index (κ2) is 5.31. The first-order valence-corrected chi connectivity index (χ1v) is 6.63. The van der Waals surface area contributed by atoms with E-state index in [9.17, 15) is 9.59 Å². The molecule has 0 spiro atoms. The van der Waals surface area contributed by atoms with Gasteiger partial charge in [-0.1, -0.05) is 0 Å². The summed E-state index contributed by atoms with van der Waals surface area (Å²) >= 11 is 1.63. The molecule has 1 amide bonds. The first-order chi connectivity index (χ1) is 8.16. The van der Waals surface area contributed by atoms with Gasteiger partial charge in [-0.05, 0) is 35.2 Å². The molecule has 2 heterocycles. The third-order valence-electron chi connectivity index (χ3n) is 3.10. The zero-order valence-electron chi connectivity index (χ0n) is 9.46. The van der Waals surface area contributed by atoms with Crippen LogP contribution >= 0.6 is 11.3 Å². The average molecular weight is 253 g/mol. The van der Waals surface area contributed by atoms with Crippen molar-refractivity contribution >= 4 is 23.2 Å². The molecule has 4 nitrogen and oxygen atoms in total. The van der Waals surface area contributed by atoms with Crippen molar-refractivity contribution in [3.8, 4) is 0 Å². The maximum atomic E-state index is 11.7. The van der Waals surface area contributed by atoms with Gasteiger partial charge in [0.05, 0.1) is 5.92 Å². The molecule has 5 heteroatoms. The lowest BCUT2D eigenvalue weighted by molar-refractivity contribution is -0.147. The van der Waals surface area contributed by atoms with Gasteiger partial charge in [0.25, 0.3) is 0 Å². The Morgan fingerprint density at radius 3 is 3.06 bits per heavy atom. The van der Waals surface area contributed by atoms with E-state index in [2.05, 4.69) is 5.38 Å². The molecule has 1 N–H and O–H groups in total. The molecular formula is C12H15NO3S. The Balaban J connectivity index is 1.89. The van der Waals surface area contributed by atoms with Crippen molar-refractivity contribution in [1.29, 1.82) is 0 Å². The van der Waals surface area contributed by atoms with Crippen LogP contribution in [0.25, 0.3) is 0 Å². The fourth-order valence-electron chi connectivity index (χ4n) is 2.03. The summed E-state index contributed by atoms with van der Waals surface area (Å²) in [5, 5.41) is 13.0. The van der Waals surface area contributed by atoms with Gasteiger partial charge in [0.15, 0.2) is 0 Å². The van der Waals surface area contributed by atoms with Crippen LogP contribution in [0.2, 0.25) is 0 Å². The highest BCUT2D eigenvalue weighted by atomic mass is 32.1. The number of hydrogen-bond donors (Lipinski definition) is 1. The van der Waals surface area contributed by atoms with Crippen LogP contribution in [-0.2, 0) is 16.0 Å². The molecule has 0 saturated carbocycles. The number of carbonyl (C=O) groups is 2. The largest absolute Gasteiger partial charge is 0.481 e. The third kappa shape index (κ3) is 3.06. The van der Waals surface area contributed by atoms with Gasteiger partial charge < -0.3 is 10.0 Å². The van der Waals surface area contributed by atoms with Crippen molar-refractivity contribution in [3.63, 3.8) is 0 Å². The van der Waals surface area contributed by atoms with Gasteiger partial charge in [0, 0.05) is 19.5 Å². The fraction of sp³-hybridized carbons (Fsp3) is 0.500. The van der Waals surface area contributed by atoms with Gasteiger partial charge in [-0.25, -0.2) is 0 Å². The molecule has 0 aliphatic carbocycles. The van der Waals surface area contributed by atoms with Gasteiger partial charge in [0.2, 0.25) is 5.91 Å². The van der Waals surface area contributed by atoms with E-state index in [1.807, 2.05) is 11.4 Å². The summed E-state index contributed by atoms with van der Waals surface area (Å²) in [5.74, 6) is -1.11. The van der Waals surface area contributed by atoms with Gasteiger partial charge in [-0.3, -0.25) is 9.59 Å². The molecule has 1 unspecified atom stereocenters. The smallest absolute Gasteiger partial charge is 0.308 e. The monoisotopic (exact) mass is 253 g/mol. The zero-order valence-corrected chi connectivity index (χ0v) is 10.3. The van der Waals surface area contributed by atoms with Crippen molar-refractivity contribution < 1.29 is 14.7 Å². The quantitative estimate of drug-likeness (QED) is 0.887. The van der Waals surface area contributed by atoms with E-state index in [1.165, 1.54) is 5.56 Å². The Labute approximate surface area is 104 Å². The molecule has 1 aromatic rings. The van der Waals surface area contributed by atoms with E-state index in [-0.39, 0.29) is 5.91 Å². The lowest BCUT2D eigenvalue weighted by atomic mass is 9.97. The third-order valence-corrected chi connectivity index (χ3v) is 3.83. The number of nitrogens with zero attached hydrogens (tertiary/aromatic N) is 1.